The third kappa shape index (κ3) is 7.35. The molecule has 0 radical (unpaired) electrons. The highest BCUT2D eigenvalue weighted by Gasteiger charge is 2.18. The van der Waals surface area contributed by atoms with Crippen LogP contribution in [0.15, 0.2) is 83.8 Å². The Morgan fingerprint density at radius 3 is 2.39 bits per heavy atom. The van der Waals surface area contributed by atoms with Gasteiger partial charge in [0.2, 0.25) is 5.91 Å². The molecule has 0 heterocycles. The second-order valence-electron chi connectivity index (χ2n) is 6.69. The number of hydrogen-bond acceptors (Lipinski definition) is 4. The molecule has 31 heavy (non-hydrogen) atoms. The largest absolute Gasteiger partial charge is 0.484 e. The van der Waals surface area contributed by atoms with E-state index in [0.29, 0.717) is 28.6 Å². The van der Waals surface area contributed by atoms with Crippen molar-refractivity contribution >= 4 is 46.6 Å². The van der Waals surface area contributed by atoms with Crippen molar-refractivity contribution in [2.45, 2.75) is 23.5 Å². The molecule has 3 aromatic rings. The predicted molar refractivity (Wildman–Crippen MR) is 127 cm³/mol. The summed E-state index contributed by atoms with van der Waals surface area (Å²) in [4.78, 5) is 25.7. The lowest BCUT2D eigenvalue weighted by Crippen LogP contribution is -2.24. The van der Waals surface area contributed by atoms with Gasteiger partial charge in [0.25, 0.3) is 5.91 Å². The van der Waals surface area contributed by atoms with Crippen molar-refractivity contribution in [1.82, 2.24) is 0 Å². The molecule has 0 bridgehead atoms. The molecule has 0 aromatic heterocycles. The second-order valence-corrected chi connectivity index (χ2v) is 8.40. The van der Waals surface area contributed by atoms with Crippen LogP contribution in [0.4, 0.5) is 11.4 Å². The van der Waals surface area contributed by atoms with E-state index in [1.54, 1.807) is 42.5 Å². The van der Waals surface area contributed by atoms with E-state index < -0.39 is 0 Å². The van der Waals surface area contributed by atoms with E-state index in [1.807, 2.05) is 43.3 Å². The normalized spacial score (nSPS) is 11.4. The zero-order chi connectivity index (χ0) is 22.1. The van der Waals surface area contributed by atoms with E-state index >= 15 is 0 Å². The SMILES string of the molecule is CCC(Sc1cccc(NC(=O)COc2ccccc2)c1)C(=O)Nc1ccc(Cl)cc1. The highest BCUT2D eigenvalue weighted by molar-refractivity contribution is 8.00. The van der Waals surface area contributed by atoms with Crippen molar-refractivity contribution in [3.63, 3.8) is 0 Å². The Labute approximate surface area is 191 Å². The number of rotatable bonds is 9. The van der Waals surface area contributed by atoms with Gasteiger partial charge in [-0.1, -0.05) is 42.8 Å². The number of amides is 2. The van der Waals surface area contributed by atoms with Crippen LogP contribution < -0.4 is 15.4 Å². The lowest BCUT2D eigenvalue weighted by atomic mass is 10.2. The van der Waals surface area contributed by atoms with E-state index in [0.717, 1.165) is 4.90 Å². The number of ether oxygens (including phenoxy) is 1. The Hall–Kier alpha value is -2.96. The van der Waals surface area contributed by atoms with Crippen molar-refractivity contribution in [2.75, 3.05) is 17.2 Å². The molecule has 1 atom stereocenters. The Kier molecular flexibility index (Phi) is 8.38. The summed E-state index contributed by atoms with van der Waals surface area (Å²) in [7, 11) is 0. The smallest absolute Gasteiger partial charge is 0.262 e. The van der Waals surface area contributed by atoms with E-state index in [-0.39, 0.29) is 23.7 Å². The van der Waals surface area contributed by atoms with Gasteiger partial charge in [0.1, 0.15) is 5.75 Å². The van der Waals surface area contributed by atoms with Gasteiger partial charge in [0, 0.05) is 21.3 Å². The van der Waals surface area contributed by atoms with Gasteiger partial charge in [0.05, 0.1) is 5.25 Å². The van der Waals surface area contributed by atoms with Crippen LogP contribution in [0.1, 0.15) is 13.3 Å². The van der Waals surface area contributed by atoms with Crippen molar-refractivity contribution < 1.29 is 14.3 Å². The average molecular weight is 455 g/mol. The number of halogens is 1. The van der Waals surface area contributed by atoms with Gasteiger partial charge in [0.15, 0.2) is 6.61 Å². The number of para-hydroxylation sites is 1. The highest BCUT2D eigenvalue weighted by Crippen LogP contribution is 2.28. The fraction of sp³-hybridized carbons (Fsp3) is 0.167. The van der Waals surface area contributed by atoms with Crippen LogP contribution in [0, 0.1) is 0 Å². The molecule has 0 spiro atoms. The molecule has 2 N–H and O–H groups in total. The molecule has 0 aliphatic carbocycles. The lowest BCUT2D eigenvalue weighted by Gasteiger charge is -2.15. The molecule has 5 nitrogen and oxygen atoms in total. The number of anilines is 2. The Morgan fingerprint density at radius 1 is 0.935 bits per heavy atom. The minimum Gasteiger partial charge on any atom is -0.484 e. The monoisotopic (exact) mass is 454 g/mol. The molecule has 1 unspecified atom stereocenters. The lowest BCUT2D eigenvalue weighted by molar-refractivity contribution is -0.118. The summed E-state index contributed by atoms with van der Waals surface area (Å²) in [5.74, 6) is 0.304. The minimum absolute atomic E-state index is 0.0809. The van der Waals surface area contributed by atoms with Crippen LogP contribution in [0.25, 0.3) is 0 Å². The molecule has 0 saturated heterocycles. The molecular weight excluding hydrogens is 432 g/mol. The van der Waals surface area contributed by atoms with Gasteiger partial charge < -0.3 is 15.4 Å². The van der Waals surface area contributed by atoms with Crippen LogP contribution >= 0.6 is 23.4 Å². The van der Waals surface area contributed by atoms with Gasteiger partial charge in [-0.05, 0) is 61.0 Å². The maximum absolute atomic E-state index is 12.7. The number of benzene rings is 3. The van der Waals surface area contributed by atoms with Gasteiger partial charge >= 0.3 is 0 Å². The predicted octanol–water partition coefficient (Wildman–Crippen LogP) is 5.87. The van der Waals surface area contributed by atoms with Crippen molar-refractivity contribution in [2.24, 2.45) is 0 Å². The fourth-order valence-electron chi connectivity index (χ4n) is 2.75. The first-order chi connectivity index (χ1) is 15.0. The maximum Gasteiger partial charge on any atom is 0.262 e. The van der Waals surface area contributed by atoms with Crippen LogP contribution in [-0.2, 0) is 9.59 Å². The zero-order valence-corrected chi connectivity index (χ0v) is 18.6. The number of hydrogen-bond donors (Lipinski definition) is 2. The number of thioether (sulfide) groups is 1. The molecule has 0 aliphatic heterocycles. The van der Waals surface area contributed by atoms with Crippen LogP contribution in [0.2, 0.25) is 5.02 Å². The maximum atomic E-state index is 12.7. The summed E-state index contributed by atoms with van der Waals surface area (Å²) in [6.45, 7) is 1.88. The molecule has 0 aliphatic rings. The summed E-state index contributed by atoms with van der Waals surface area (Å²) in [6, 6.07) is 23.6. The number of carbonyl (C=O) groups is 2. The fourth-order valence-corrected chi connectivity index (χ4v) is 3.89. The molecule has 7 heteroatoms. The Morgan fingerprint density at radius 2 is 1.68 bits per heavy atom. The average Bonchev–Trinajstić information content (AvgIpc) is 2.78. The van der Waals surface area contributed by atoms with Gasteiger partial charge in [-0.2, -0.15) is 0 Å². The quantitative estimate of drug-likeness (QED) is 0.397. The van der Waals surface area contributed by atoms with Crippen LogP contribution in [0.3, 0.4) is 0 Å². The molecule has 0 saturated carbocycles. The minimum atomic E-state index is -0.275. The topological polar surface area (TPSA) is 67.4 Å². The highest BCUT2D eigenvalue weighted by atomic mass is 35.5. The first kappa shape index (κ1) is 22.7. The Bertz CT molecular complexity index is 1010. The number of nitrogens with one attached hydrogen (secondary N) is 2. The van der Waals surface area contributed by atoms with Gasteiger partial charge in [-0.3, -0.25) is 9.59 Å². The summed E-state index contributed by atoms with van der Waals surface area (Å²) in [6.07, 6.45) is 0.658. The van der Waals surface area contributed by atoms with E-state index in [4.69, 9.17) is 16.3 Å². The molecule has 2 amide bonds. The molecule has 3 rings (SSSR count). The van der Waals surface area contributed by atoms with E-state index in [1.165, 1.54) is 11.8 Å². The summed E-state index contributed by atoms with van der Waals surface area (Å²) in [5, 5.41) is 6.09. The molecule has 0 fully saturated rings. The van der Waals surface area contributed by atoms with Crippen molar-refractivity contribution in [1.29, 1.82) is 0 Å². The number of carbonyl (C=O) groups excluding carboxylic acids is 2. The first-order valence-electron chi connectivity index (χ1n) is 9.84. The third-order valence-corrected chi connectivity index (χ3v) is 5.89. The van der Waals surface area contributed by atoms with Crippen LogP contribution in [-0.4, -0.2) is 23.7 Å². The molecule has 160 valence electrons. The molecular formula is C24H23ClN2O3S. The summed E-state index contributed by atoms with van der Waals surface area (Å²) < 4.78 is 5.47. The zero-order valence-electron chi connectivity index (χ0n) is 17.0. The van der Waals surface area contributed by atoms with Crippen molar-refractivity contribution in [3.8, 4) is 5.75 Å². The Balaban J connectivity index is 1.56. The summed E-state index contributed by atoms with van der Waals surface area (Å²) in [5.41, 5.74) is 1.35. The van der Waals surface area contributed by atoms with Crippen LogP contribution in [0.5, 0.6) is 5.75 Å². The molecule has 3 aromatic carbocycles. The van der Waals surface area contributed by atoms with Gasteiger partial charge in [-0.15, -0.1) is 11.8 Å². The van der Waals surface area contributed by atoms with Gasteiger partial charge in [-0.25, -0.2) is 0 Å². The van der Waals surface area contributed by atoms with E-state index in [9.17, 15) is 9.59 Å². The second kappa shape index (κ2) is 11.4. The van der Waals surface area contributed by atoms with Crippen molar-refractivity contribution in [3.05, 3.63) is 83.9 Å². The first-order valence-corrected chi connectivity index (χ1v) is 11.1. The van der Waals surface area contributed by atoms with E-state index in [2.05, 4.69) is 10.6 Å². The summed E-state index contributed by atoms with van der Waals surface area (Å²) >= 11 is 7.34. The standard InChI is InChI=1S/C24H23ClN2O3S/c1-2-22(24(29)27-18-13-11-17(25)12-14-18)31-21-10-6-7-19(15-21)26-23(28)16-30-20-8-4-3-5-9-20/h3-15,22H,2,16H2,1H3,(H,26,28)(H,27,29). The third-order valence-electron chi connectivity index (χ3n) is 4.28.